The van der Waals surface area contributed by atoms with Crippen LogP contribution in [-0.4, -0.2) is 35.0 Å². The van der Waals surface area contributed by atoms with E-state index < -0.39 is 0 Å². The smallest absolute Gasteiger partial charge is 0.0621 e. The average molecular weight is 212 g/mol. The number of thioether (sulfide) groups is 1. The Morgan fingerprint density at radius 1 is 1.29 bits per heavy atom. The van der Waals surface area contributed by atoms with Gasteiger partial charge in [-0.1, -0.05) is 13.8 Å². The lowest BCUT2D eigenvalue weighted by Crippen LogP contribution is -2.40. The number of nitriles is 1. The summed E-state index contributed by atoms with van der Waals surface area (Å²) in [5, 5.41) is 9.97. The van der Waals surface area contributed by atoms with E-state index in [0.29, 0.717) is 6.42 Å². The summed E-state index contributed by atoms with van der Waals surface area (Å²) in [4.78, 5) is 2.54. The molecule has 1 heterocycles. The summed E-state index contributed by atoms with van der Waals surface area (Å²) in [5.41, 5.74) is 0. The number of unbranched alkanes of at least 4 members (excludes halogenated alkanes) is 2. The molecule has 0 aromatic rings. The SMILES string of the molecule is CC1CN(CCCCC#N)CC(C)S1. The molecular formula is C11H20N2S. The fraction of sp³-hybridized carbons (Fsp3) is 0.909. The third-order valence-electron chi connectivity index (χ3n) is 2.51. The third kappa shape index (κ3) is 4.34. The van der Waals surface area contributed by atoms with Crippen LogP contribution in [0.1, 0.15) is 33.1 Å². The topological polar surface area (TPSA) is 27.0 Å². The zero-order chi connectivity index (χ0) is 10.4. The van der Waals surface area contributed by atoms with Gasteiger partial charge in [0, 0.05) is 30.0 Å². The first-order valence-corrected chi connectivity index (χ1v) is 6.41. The Kier molecular flexibility index (Phi) is 5.36. The standard InChI is InChI=1S/C11H20N2S/c1-10-8-13(9-11(2)14-10)7-5-3-4-6-12/h10-11H,3-5,7-9H2,1-2H3. The molecule has 14 heavy (non-hydrogen) atoms. The van der Waals surface area contributed by atoms with Crippen LogP contribution in [0.15, 0.2) is 0 Å². The van der Waals surface area contributed by atoms with Crippen molar-refractivity contribution in [1.82, 2.24) is 4.90 Å². The first kappa shape index (κ1) is 11.9. The summed E-state index contributed by atoms with van der Waals surface area (Å²) in [6, 6.07) is 2.20. The summed E-state index contributed by atoms with van der Waals surface area (Å²) >= 11 is 2.09. The Bertz CT molecular complexity index is 190. The molecule has 2 unspecified atom stereocenters. The highest BCUT2D eigenvalue weighted by molar-refractivity contribution is 8.00. The van der Waals surface area contributed by atoms with Crippen molar-refractivity contribution in [3.8, 4) is 6.07 Å². The summed E-state index contributed by atoms with van der Waals surface area (Å²) < 4.78 is 0. The first-order chi connectivity index (χ1) is 6.72. The van der Waals surface area contributed by atoms with E-state index in [4.69, 9.17) is 5.26 Å². The van der Waals surface area contributed by atoms with Crippen LogP contribution in [0.25, 0.3) is 0 Å². The molecular weight excluding hydrogens is 192 g/mol. The minimum absolute atomic E-state index is 0.716. The van der Waals surface area contributed by atoms with Crippen LogP contribution < -0.4 is 0 Å². The highest BCUT2D eigenvalue weighted by Gasteiger charge is 2.21. The van der Waals surface area contributed by atoms with Crippen molar-refractivity contribution in [2.75, 3.05) is 19.6 Å². The number of nitrogens with zero attached hydrogens (tertiary/aromatic N) is 2. The first-order valence-electron chi connectivity index (χ1n) is 5.47. The van der Waals surface area contributed by atoms with Gasteiger partial charge in [0.05, 0.1) is 6.07 Å². The maximum absolute atomic E-state index is 8.42. The fourth-order valence-electron chi connectivity index (χ4n) is 2.01. The summed E-state index contributed by atoms with van der Waals surface area (Å²) in [6.45, 7) is 8.24. The maximum atomic E-state index is 8.42. The Morgan fingerprint density at radius 3 is 2.50 bits per heavy atom. The molecule has 0 amide bonds. The molecule has 2 atom stereocenters. The zero-order valence-electron chi connectivity index (χ0n) is 9.20. The number of rotatable bonds is 4. The quantitative estimate of drug-likeness (QED) is 0.670. The Balaban J connectivity index is 2.14. The summed E-state index contributed by atoms with van der Waals surface area (Å²) in [7, 11) is 0. The molecule has 2 nitrogen and oxygen atoms in total. The van der Waals surface area contributed by atoms with Crippen LogP contribution in [0.3, 0.4) is 0 Å². The summed E-state index contributed by atoms with van der Waals surface area (Å²) in [5.74, 6) is 0. The van der Waals surface area contributed by atoms with E-state index >= 15 is 0 Å². The lowest BCUT2D eigenvalue weighted by Gasteiger charge is -2.34. The van der Waals surface area contributed by atoms with Gasteiger partial charge in [0.25, 0.3) is 0 Å². The summed E-state index contributed by atoms with van der Waals surface area (Å²) in [6.07, 6.45) is 2.95. The molecule has 0 aromatic heterocycles. The maximum Gasteiger partial charge on any atom is 0.0621 e. The number of hydrogen-bond acceptors (Lipinski definition) is 3. The molecule has 1 aliphatic heterocycles. The minimum Gasteiger partial charge on any atom is -0.301 e. The second-order valence-corrected chi connectivity index (χ2v) is 6.01. The Labute approximate surface area is 91.7 Å². The van der Waals surface area contributed by atoms with Crippen LogP contribution >= 0.6 is 11.8 Å². The molecule has 0 bridgehead atoms. The van der Waals surface area contributed by atoms with Gasteiger partial charge in [0.2, 0.25) is 0 Å². The van der Waals surface area contributed by atoms with Gasteiger partial charge in [-0.05, 0) is 19.4 Å². The van der Waals surface area contributed by atoms with Gasteiger partial charge in [-0.25, -0.2) is 0 Å². The molecule has 80 valence electrons. The van der Waals surface area contributed by atoms with Crippen molar-refractivity contribution in [3.05, 3.63) is 0 Å². The molecule has 0 saturated carbocycles. The van der Waals surface area contributed by atoms with E-state index in [1.165, 1.54) is 26.1 Å². The zero-order valence-corrected chi connectivity index (χ0v) is 10.0. The average Bonchev–Trinajstić information content (AvgIpc) is 2.11. The second-order valence-electron chi connectivity index (χ2n) is 4.13. The number of hydrogen-bond donors (Lipinski definition) is 0. The van der Waals surface area contributed by atoms with E-state index in [1.807, 2.05) is 0 Å². The molecule has 3 heteroatoms. The predicted octanol–water partition coefficient (Wildman–Crippen LogP) is 2.51. The van der Waals surface area contributed by atoms with E-state index in [9.17, 15) is 0 Å². The van der Waals surface area contributed by atoms with Crippen LogP contribution in [0.2, 0.25) is 0 Å². The van der Waals surface area contributed by atoms with Crippen LogP contribution in [0, 0.1) is 11.3 Å². The van der Waals surface area contributed by atoms with Gasteiger partial charge >= 0.3 is 0 Å². The third-order valence-corrected chi connectivity index (χ3v) is 3.74. The van der Waals surface area contributed by atoms with Crippen LogP contribution in [0.5, 0.6) is 0 Å². The van der Waals surface area contributed by atoms with Gasteiger partial charge in [-0.15, -0.1) is 0 Å². The Morgan fingerprint density at radius 2 is 1.93 bits per heavy atom. The van der Waals surface area contributed by atoms with Crippen molar-refractivity contribution in [2.45, 2.75) is 43.6 Å². The molecule has 1 rings (SSSR count). The fourth-order valence-corrected chi connectivity index (χ4v) is 3.39. The van der Waals surface area contributed by atoms with Gasteiger partial charge < -0.3 is 4.90 Å². The van der Waals surface area contributed by atoms with E-state index in [1.54, 1.807) is 0 Å². The van der Waals surface area contributed by atoms with Gasteiger partial charge in [0.15, 0.2) is 0 Å². The highest BCUT2D eigenvalue weighted by Crippen LogP contribution is 2.24. The minimum atomic E-state index is 0.716. The van der Waals surface area contributed by atoms with E-state index in [2.05, 4.69) is 36.6 Å². The molecule has 0 aromatic carbocycles. The van der Waals surface area contributed by atoms with Crippen LogP contribution in [-0.2, 0) is 0 Å². The lowest BCUT2D eigenvalue weighted by atomic mass is 10.2. The lowest BCUT2D eigenvalue weighted by molar-refractivity contribution is 0.266. The molecule has 1 aliphatic rings. The molecule has 0 spiro atoms. The molecule has 1 fully saturated rings. The van der Waals surface area contributed by atoms with Crippen LogP contribution in [0.4, 0.5) is 0 Å². The largest absolute Gasteiger partial charge is 0.301 e. The van der Waals surface area contributed by atoms with Crippen molar-refractivity contribution >= 4 is 11.8 Å². The van der Waals surface area contributed by atoms with Gasteiger partial charge in [-0.3, -0.25) is 0 Å². The molecule has 0 aliphatic carbocycles. The highest BCUT2D eigenvalue weighted by atomic mass is 32.2. The second kappa shape index (κ2) is 6.31. The Hall–Kier alpha value is -0.200. The molecule has 0 N–H and O–H groups in total. The van der Waals surface area contributed by atoms with E-state index in [0.717, 1.165) is 16.9 Å². The molecule has 0 radical (unpaired) electrons. The van der Waals surface area contributed by atoms with Crippen molar-refractivity contribution < 1.29 is 0 Å². The van der Waals surface area contributed by atoms with Gasteiger partial charge in [0.1, 0.15) is 0 Å². The van der Waals surface area contributed by atoms with Crippen molar-refractivity contribution in [2.24, 2.45) is 0 Å². The van der Waals surface area contributed by atoms with E-state index in [-0.39, 0.29) is 0 Å². The van der Waals surface area contributed by atoms with Crippen molar-refractivity contribution in [1.29, 1.82) is 5.26 Å². The molecule has 1 saturated heterocycles. The van der Waals surface area contributed by atoms with Crippen molar-refractivity contribution in [3.63, 3.8) is 0 Å². The predicted molar refractivity (Wildman–Crippen MR) is 62.4 cm³/mol. The normalized spacial score (nSPS) is 28.6. The monoisotopic (exact) mass is 212 g/mol. The van der Waals surface area contributed by atoms with Gasteiger partial charge in [-0.2, -0.15) is 17.0 Å².